The van der Waals surface area contributed by atoms with Crippen LogP contribution in [0.5, 0.6) is 5.75 Å². The number of hydrogen-bond donors (Lipinski definition) is 1. The lowest BCUT2D eigenvalue weighted by molar-refractivity contribution is -0.141. The van der Waals surface area contributed by atoms with Crippen LogP contribution in [0.15, 0.2) is 48.5 Å². The highest BCUT2D eigenvalue weighted by atomic mass is 16.5. The normalized spacial score (nSPS) is 14.0. The summed E-state index contributed by atoms with van der Waals surface area (Å²) in [6, 6.07) is 14.2. The first-order chi connectivity index (χ1) is 14.6. The van der Waals surface area contributed by atoms with E-state index in [1.807, 2.05) is 12.1 Å². The molecular weight excluding hydrogens is 382 g/mol. The molecule has 0 heterocycles. The number of ketones is 1. The first-order valence-corrected chi connectivity index (χ1v) is 10.3. The van der Waals surface area contributed by atoms with E-state index in [1.165, 1.54) is 44.8 Å². The van der Waals surface area contributed by atoms with E-state index < -0.39 is 11.9 Å². The van der Waals surface area contributed by atoms with Gasteiger partial charge in [-0.05, 0) is 42.5 Å². The summed E-state index contributed by atoms with van der Waals surface area (Å²) < 4.78 is 10.1. The van der Waals surface area contributed by atoms with Crippen LogP contribution in [-0.2, 0) is 9.53 Å². The van der Waals surface area contributed by atoms with Crippen LogP contribution in [0.25, 0.3) is 0 Å². The fourth-order valence-corrected chi connectivity index (χ4v) is 3.68. The Morgan fingerprint density at radius 2 is 1.70 bits per heavy atom. The van der Waals surface area contributed by atoms with Crippen molar-refractivity contribution in [2.75, 3.05) is 20.3 Å². The van der Waals surface area contributed by atoms with Gasteiger partial charge < -0.3 is 14.8 Å². The molecule has 0 aliphatic heterocycles. The minimum atomic E-state index is -0.668. The largest absolute Gasteiger partial charge is 0.497 e. The van der Waals surface area contributed by atoms with Crippen LogP contribution >= 0.6 is 0 Å². The third-order valence-corrected chi connectivity index (χ3v) is 5.40. The predicted octanol–water partition coefficient (Wildman–Crippen LogP) is 3.90. The van der Waals surface area contributed by atoms with Crippen molar-refractivity contribution >= 4 is 17.7 Å². The molecule has 0 radical (unpaired) electrons. The summed E-state index contributed by atoms with van der Waals surface area (Å²) in [4.78, 5) is 36.3. The number of ether oxygens (including phenoxy) is 2. The number of Topliss-reactive ketones (excluding diaryl/α,β-unsaturated/α-hetero) is 1. The highest BCUT2D eigenvalue weighted by Crippen LogP contribution is 2.32. The first-order valence-electron chi connectivity index (χ1n) is 10.3. The van der Waals surface area contributed by atoms with Gasteiger partial charge in [0.25, 0.3) is 5.91 Å². The Bertz CT molecular complexity index is 885. The van der Waals surface area contributed by atoms with Crippen molar-refractivity contribution in [3.63, 3.8) is 0 Å². The van der Waals surface area contributed by atoms with E-state index >= 15 is 0 Å². The SMILES string of the molecule is COc1cccc(C(=O)NCC(=O)OCC(=O)c2ccc(C3CCCCC3)cc2)c1. The molecule has 158 valence electrons. The number of benzene rings is 2. The third kappa shape index (κ3) is 5.92. The first kappa shape index (κ1) is 21.6. The number of amides is 1. The molecule has 1 aliphatic carbocycles. The topological polar surface area (TPSA) is 81.7 Å². The van der Waals surface area contributed by atoms with E-state index in [4.69, 9.17) is 9.47 Å². The van der Waals surface area contributed by atoms with Gasteiger partial charge in [0.2, 0.25) is 0 Å². The summed E-state index contributed by atoms with van der Waals surface area (Å²) in [5, 5.41) is 2.48. The molecule has 0 atom stereocenters. The summed E-state index contributed by atoms with van der Waals surface area (Å²) in [5.74, 6) is -0.231. The minimum absolute atomic E-state index is 0.266. The highest BCUT2D eigenvalue weighted by molar-refractivity contribution is 5.99. The maximum atomic E-state index is 12.3. The Labute approximate surface area is 176 Å². The van der Waals surface area contributed by atoms with Crippen molar-refractivity contribution < 1.29 is 23.9 Å². The van der Waals surface area contributed by atoms with Gasteiger partial charge in [-0.15, -0.1) is 0 Å². The quantitative estimate of drug-likeness (QED) is 0.528. The zero-order valence-electron chi connectivity index (χ0n) is 17.2. The van der Waals surface area contributed by atoms with E-state index in [1.54, 1.807) is 36.4 Å². The van der Waals surface area contributed by atoms with Gasteiger partial charge in [0.05, 0.1) is 7.11 Å². The summed E-state index contributed by atoms with van der Waals surface area (Å²) in [5.41, 5.74) is 2.16. The zero-order valence-corrected chi connectivity index (χ0v) is 17.2. The van der Waals surface area contributed by atoms with Gasteiger partial charge in [0, 0.05) is 11.1 Å². The van der Waals surface area contributed by atoms with Gasteiger partial charge in [-0.1, -0.05) is 49.6 Å². The Morgan fingerprint density at radius 3 is 2.40 bits per heavy atom. The van der Waals surface area contributed by atoms with Gasteiger partial charge in [-0.25, -0.2) is 0 Å². The summed E-state index contributed by atoms with van der Waals surface area (Å²) >= 11 is 0. The number of nitrogens with one attached hydrogen (secondary N) is 1. The molecule has 2 aromatic rings. The molecule has 0 saturated heterocycles. The molecule has 0 aromatic heterocycles. The standard InChI is InChI=1S/C24H27NO5/c1-29-21-9-5-8-20(14-21)24(28)25-15-23(27)30-16-22(26)19-12-10-18(11-13-19)17-6-3-2-4-7-17/h5,8-14,17H,2-4,6-7,15-16H2,1H3,(H,25,28). The lowest BCUT2D eigenvalue weighted by Crippen LogP contribution is -2.31. The monoisotopic (exact) mass is 409 g/mol. The number of esters is 1. The lowest BCUT2D eigenvalue weighted by Gasteiger charge is -2.22. The molecule has 0 unspecified atom stereocenters. The molecule has 0 bridgehead atoms. The molecule has 6 nitrogen and oxygen atoms in total. The molecule has 1 amide bonds. The third-order valence-electron chi connectivity index (χ3n) is 5.40. The van der Waals surface area contributed by atoms with Crippen LogP contribution in [-0.4, -0.2) is 37.9 Å². The van der Waals surface area contributed by atoms with Crippen molar-refractivity contribution in [1.29, 1.82) is 0 Å². The molecule has 1 N–H and O–H groups in total. The van der Waals surface area contributed by atoms with Gasteiger partial charge in [-0.2, -0.15) is 0 Å². The van der Waals surface area contributed by atoms with Gasteiger partial charge >= 0.3 is 5.97 Å². The van der Waals surface area contributed by atoms with Gasteiger partial charge in [0.1, 0.15) is 12.3 Å². The Balaban J connectivity index is 1.43. The van der Waals surface area contributed by atoms with Crippen LogP contribution in [0.4, 0.5) is 0 Å². The second-order valence-corrected chi connectivity index (χ2v) is 7.46. The van der Waals surface area contributed by atoms with Crippen LogP contribution < -0.4 is 10.1 Å². The van der Waals surface area contributed by atoms with E-state index in [0.29, 0.717) is 22.8 Å². The van der Waals surface area contributed by atoms with Crippen LogP contribution in [0.2, 0.25) is 0 Å². The number of carbonyl (C=O) groups excluding carboxylic acids is 3. The van der Waals surface area contributed by atoms with Crippen molar-refractivity contribution in [3.05, 3.63) is 65.2 Å². The Kier molecular flexibility index (Phi) is 7.60. The number of methoxy groups -OCH3 is 1. The highest BCUT2D eigenvalue weighted by Gasteiger charge is 2.17. The van der Waals surface area contributed by atoms with Crippen LogP contribution in [0, 0.1) is 0 Å². The molecule has 0 spiro atoms. The zero-order chi connectivity index (χ0) is 21.3. The molecule has 1 fully saturated rings. The molecule has 3 rings (SSSR count). The Morgan fingerprint density at radius 1 is 0.967 bits per heavy atom. The summed E-state index contributed by atoms with van der Waals surface area (Å²) in [6.07, 6.45) is 6.22. The maximum absolute atomic E-state index is 12.3. The molecule has 1 saturated carbocycles. The lowest BCUT2D eigenvalue weighted by atomic mass is 9.84. The fraction of sp³-hybridized carbons (Fsp3) is 0.375. The van der Waals surface area contributed by atoms with Crippen molar-refractivity contribution in [2.45, 2.75) is 38.0 Å². The second kappa shape index (κ2) is 10.6. The van der Waals surface area contributed by atoms with Gasteiger partial charge in [-0.3, -0.25) is 14.4 Å². The van der Waals surface area contributed by atoms with E-state index in [9.17, 15) is 14.4 Å². The average molecular weight is 409 g/mol. The van der Waals surface area contributed by atoms with Crippen LogP contribution in [0.1, 0.15) is 64.3 Å². The summed E-state index contributed by atoms with van der Waals surface area (Å²) in [7, 11) is 1.51. The molecule has 1 aliphatic rings. The summed E-state index contributed by atoms with van der Waals surface area (Å²) in [6.45, 7) is -0.666. The second-order valence-electron chi connectivity index (χ2n) is 7.46. The molecule has 2 aromatic carbocycles. The van der Waals surface area contributed by atoms with E-state index in [-0.39, 0.29) is 18.9 Å². The predicted molar refractivity (Wildman–Crippen MR) is 113 cm³/mol. The average Bonchev–Trinajstić information content (AvgIpc) is 2.81. The fourth-order valence-electron chi connectivity index (χ4n) is 3.68. The number of hydrogen-bond acceptors (Lipinski definition) is 5. The van der Waals surface area contributed by atoms with Crippen LogP contribution in [0.3, 0.4) is 0 Å². The van der Waals surface area contributed by atoms with Gasteiger partial charge in [0.15, 0.2) is 12.4 Å². The number of carbonyl (C=O) groups is 3. The minimum Gasteiger partial charge on any atom is -0.497 e. The molecular formula is C24H27NO5. The maximum Gasteiger partial charge on any atom is 0.325 e. The van der Waals surface area contributed by atoms with E-state index in [2.05, 4.69) is 5.32 Å². The van der Waals surface area contributed by atoms with Crippen molar-refractivity contribution in [1.82, 2.24) is 5.32 Å². The Hall–Kier alpha value is -3.15. The van der Waals surface area contributed by atoms with Crippen molar-refractivity contribution in [2.24, 2.45) is 0 Å². The van der Waals surface area contributed by atoms with E-state index in [0.717, 1.165) is 0 Å². The van der Waals surface area contributed by atoms with Crippen molar-refractivity contribution in [3.8, 4) is 5.75 Å². The molecule has 30 heavy (non-hydrogen) atoms. The number of rotatable bonds is 8. The smallest absolute Gasteiger partial charge is 0.325 e. The molecule has 6 heteroatoms.